The van der Waals surface area contributed by atoms with E-state index in [1.807, 2.05) is 20.2 Å². The first-order valence-corrected chi connectivity index (χ1v) is 5.73. The standard InChI is InChI=1S/C14H17N3/c1-10-4-6-12(7-5-10)14(15-3)13-9-16-11(2)8-17-13/h4-9,14-15H,1-3H3. The molecule has 1 unspecified atom stereocenters. The lowest BCUT2D eigenvalue weighted by Crippen LogP contribution is -2.19. The van der Waals surface area contributed by atoms with Gasteiger partial charge in [0.15, 0.2) is 0 Å². The molecule has 1 atom stereocenters. The minimum atomic E-state index is 0.101. The van der Waals surface area contributed by atoms with E-state index in [4.69, 9.17) is 0 Å². The quantitative estimate of drug-likeness (QED) is 0.875. The van der Waals surface area contributed by atoms with E-state index in [2.05, 4.69) is 46.5 Å². The van der Waals surface area contributed by atoms with E-state index >= 15 is 0 Å². The summed E-state index contributed by atoms with van der Waals surface area (Å²) in [6, 6.07) is 8.57. The molecule has 0 spiro atoms. The molecule has 0 radical (unpaired) electrons. The van der Waals surface area contributed by atoms with Crippen LogP contribution in [0.25, 0.3) is 0 Å². The van der Waals surface area contributed by atoms with Crippen molar-refractivity contribution in [2.75, 3.05) is 7.05 Å². The number of hydrogen-bond acceptors (Lipinski definition) is 3. The van der Waals surface area contributed by atoms with Crippen LogP contribution in [0.5, 0.6) is 0 Å². The molecule has 1 aromatic carbocycles. The summed E-state index contributed by atoms with van der Waals surface area (Å²) in [4.78, 5) is 8.71. The third kappa shape index (κ3) is 2.68. The SMILES string of the molecule is CNC(c1ccc(C)cc1)c1cnc(C)cn1. The van der Waals surface area contributed by atoms with Gasteiger partial charge in [0.1, 0.15) is 0 Å². The van der Waals surface area contributed by atoms with E-state index in [0.29, 0.717) is 0 Å². The lowest BCUT2D eigenvalue weighted by molar-refractivity contribution is 0.665. The molecule has 3 nitrogen and oxygen atoms in total. The Bertz CT molecular complexity index is 428. The summed E-state index contributed by atoms with van der Waals surface area (Å²) in [6.45, 7) is 4.03. The van der Waals surface area contributed by atoms with Gasteiger partial charge in [-0.15, -0.1) is 0 Å². The molecule has 0 bridgehead atoms. The molecule has 3 heteroatoms. The summed E-state index contributed by atoms with van der Waals surface area (Å²) in [5, 5.41) is 3.27. The second-order valence-corrected chi connectivity index (χ2v) is 4.22. The summed E-state index contributed by atoms with van der Waals surface area (Å²) >= 11 is 0. The molecule has 1 heterocycles. The Hall–Kier alpha value is -1.74. The van der Waals surface area contributed by atoms with Gasteiger partial charge in [-0.25, -0.2) is 0 Å². The fourth-order valence-corrected chi connectivity index (χ4v) is 1.80. The molecule has 0 saturated carbocycles. The van der Waals surface area contributed by atoms with Crippen LogP contribution in [-0.2, 0) is 0 Å². The van der Waals surface area contributed by atoms with Gasteiger partial charge < -0.3 is 5.32 Å². The average Bonchev–Trinajstić information content (AvgIpc) is 2.35. The van der Waals surface area contributed by atoms with E-state index in [1.54, 1.807) is 6.20 Å². The molecule has 1 aromatic heterocycles. The number of benzene rings is 1. The monoisotopic (exact) mass is 227 g/mol. The minimum absolute atomic E-state index is 0.101. The highest BCUT2D eigenvalue weighted by Gasteiger charge is 2.13. The normalized spacial score (nSPS) is 12.4. The van der Waals surface area contributed by atoms with Crippen LogP contribution in [0.2, 0.25) is 0 Å². The Kier molecular flexibility index (Phi) is 3.49. The number of rotatable bonds is 3. The topological polar surface area (TPSA) is 37.8 Å². The maximum Gasteiger partial charge on any atom is 0.0801 e. The van der Waals surface area contributed by atoms with Crippen molar-refractivity contribution >= 4 is 0 Å². The molecular formula is C14H17N3. The van der Waals surface area contributed by atoms with Crippen molar-refractivity contribution in [3.8, 4) is 0 Å². The molecule has 2 aromatic rings. The number of nitrogens with zero attached hydrogens (tertiary/aromatic N) is 2. The summed E-state index contributed by atoms with van der Waals surface area (Å²) < 4.78 is 0. The number of nitrogens with one attached hydrogen (secondary N) is 1. The van der Waals surface area contributed by atoms with Crippen molar-refractivity contribution in [1.82, 2.24) is 15.3 Å². The van der Waals surface area contributed by atoms with Gasteiger partial charge >= 0.3 is 0 Å². The van der Waals surface area contributed by atoms with Gasteiger partial charge in [-0.2, -0.15) is 0 Å². The van der Waals surface area contributed by atoms with E-state index in [0.717, 1.165) is 11.4 Å². The van der Waals surface area contributed by atoms with Gasteiger partial charge in [0.25, 0.3) is 0 Å². The first-order chi connectivity index (χ1) is 8.20. The fourth-order valence-electron chi connectivity index (χ4n) is 1.80. The molecular weight excluding hydrogens is 210 g/mol. The predicted octanol–water partition coefficient (Wildman–Crippen LogP) is 2.40. The lowest BCUT2D eigenvalue weighted by Gasteiger charge is -2.16. The molecule has 0 saturated heterocycles. The van der Waals surface area contributed by atoms with Crippen molar-refractivity contribution in [2.24, 2.45) is 0 Å². The van der Waals surface area contributed by atoms with Crippen LogP contribution in [0.4, 0.5) is 0 Å². The molecule has 0 amide bonds. The van der Waals surface area contributed by atoms with Gasteiger partial charge in [0.05, 0.1) is 23.6 Å². The second kappa shape index (κ2) is 5.06. The predicted molar refractivity (Wildman–Crippen MR) is 68.9 cm³/mol. The summed E-state index contributed by atoms with van der Waals surface area (Å²) in [7, 11) is 1.94. The summed E-state index contributed by atoms with van der Waals surface area (Å²) in [5.41, 5.74) is 4.35. The Balaban J connectivity index is 2.33. The Morgan fingerprint density at radius 1 is 1.00 bits per heavy atom. The van der Waals surface area contributed by atoms with E-state index < -0.39 is 0 Å². The smallest absolute Gasteiger partial charge is 0.0801 e. The molecule has 0 aliphatic heterocycles. The second-order valence-electron chi connectivity index (χ2n) is 4.22. The molecule has 0 aliphatic carbocycles. The number of aryl methyl sites for hydroxylation is 2. The average molecular weight is 227 g/mol. The highest BCUT2D eigenvalue weighted by atomic mass is 14.9. The van der Waals surface area contributed by atoms with Crippen LogP contribution in [0.15, 0.2) is 36.7 Å². The van der Waals surface area contributed by atoms with Gasteiger partial charge in [-0.3, -0.25) is 9.97 Å². The van der Waals surface area contributed by atoms with Crippen LogP contribution in [-0.4, -0.2) is 17.0 Å². The zero-order chi connectivity index (χ0) is 12.3. The fraction of sp³-hybridized carbons (Fsp3) is 0.286. The molecule has 17 heavy (non-hydrogen) atoms. The summed E-state index contributed by atoms with van der Waals surface area (Å²) in [5.74, 6) is 0. The van der Waals surface area contributed by atoms with Crippen LogP contribution in [0, 0.1) is 13.8 Å². The zero-order valence-corrected chi connectivity index (χ0v) is 10.4. The number of aromatic nitrogens is 2. The molecule has 88 valence electrons. The first kappa shape index (κ1) is 11.7. The van der Waals surface area contributed by atoms with E-state index in [-0.39, 0.29) is 6.04 Å². The van der Waals surface area contributed by atoms with Gasteiger partial charge in [0.2, 0.25) is 0 Å². The third-order valence-electron chi connectivity index (χ3n) is 2.80. The largest absolute Gasteiger partial charge is 0.308 e. The van der Waals surface area contributed by atoms with Crippen LogP contribution < -0.4 is 5.32 Å². The van der Waals surface area contributed by atoms with E-state index in [1.165, 1.54) is 11.1 Å². The summed E-state index contributed by atoms with van der Waals surface area (Å²) in [6.07, 6.45) is 3.63. The van der Waals surface area contributed by atoms with Crippen molar-refractivity contribution in [2.45, 2.75) is 19.9 Å². The van der Waals surface area contributed by atoms with Gasteiger partial charge in [-0.05, 0) is 26.5 Å². The maximum absolute atomic E-state index is 4.42. The first-order valence-electron chi connectivity index (χ1n) is 5.73. The van der Waals surface area contributed by atoms with Crippen molar-refractivity contribution in [3.05, 3.63) is 59.2 Å². The zero-order valence-electron chi connectivity index (χ0n) is 10.4. The lowest BCUT2D eigenvalue weighted by atomic mass is 10.0. The number of hydrogen-bond donors (Lipinski definition) is 1. The van der Waals surface area contributed by atoms with Gasteiger partial charge in [-0.1, -0.05) is 29.8 Å². The van der Waals surface area contributed by atoms with Crippen LogP contribution in [0.1, 0.15) is 28.6 Å². The molecule has 0 fully saturated rings. The van der Waals surface area contributed by atoms with E-state index in [9.17, 15) is 0 Å². The molecule has 1 N–H and O–H groups in total. The Labute approximate surface area is 102 Å². The highest BCUT2D eigenvalue weighted by molar-refractivity contribution is 5.29. The van der Waals surface area contributed by atoms with Gasteiger partial charge in [0, 0.05) is 6.20 Å². The van der Waals surface area contributed by atoms with Crippen LogP contribution in [0.3, 0.4) is 0 Å². The third-order valence-corrected chi connectivity index (χ3v) is 2.80. The Morgan fingerprint density at radius 2 is 1.71 bits per heavy atom. The van der Waals surface area contributed by atoms with Crippen LogP contribution >= 0.6 is 0 Å². The molecule has 0 aliphatic rings. The van der Waals surface area contributed by atoms with Crippen molar-refractivity contribution in [1.29, 1.82) is 0 Å². The van der Waals surface area contributed by atoms with Crippen molar-refractivity contribution in [3.63, 3.8) is 0 Å². The Morgan fingerprint density at radius 3 is 2.24 bits per heavy atom. The maximum atomic E-state index is 4.42. The van der Waals surface area contributed by atoms with Crippen molar-refractivity contribution < 1.29 is 0 Å². The minimum Gasteiger partial charge on any atom is -0.308 e. The highest BCUT2D eigenvalue weighted by Crippen LogP contribution is 2.19. The molecule has 2 rings (SSSR count).